The van der Waals surface area contributed by atoms with Gasteiger partial charge < -0.3 is 4.40 Å². The Kier molecular flexibility index (Phi) is 6.25. The summed E-state index contributed by atoms with van der Waals surface area (Å²) in [6, 6.07) is 49.2. The van der Waals surface area contributed by atoms with Crippen molar-refractivity contribution in [1.29, 1.82) is 5.26 Å². The molecule has 9 aromatic rings. The Morgan fingerprint density at radius 1 is 0.517 bits per heavy atom. The summed E-state index contributed by atoms with van der Waals surface area (Å²) in [7, 11) is 0. The lowest BCUT2D eigenvalue weighted by Crippen LogP contribution is -2.25. The van der Waals surface area contributed by atoms with Crippen LogP contribution in [0, 0.1) is 23.2 Å². The van der Waals surface area contributed by atoms with Gasteiger partial charge >= 0.3 is 0 Å². The van der Waals surface area contributed by atoms with Gasteiger partial charge in [-0.3, -0.25) is 0 Å². The van der Waals surface area contributed by atoms with Gasteiger partial charge in [0.15, 0.2) is 0 Å². The van der Waals surface area contributed by atoms with Gasteiger partial charge in [-0.2, -0.15) is 5.26 Å². The lowest BCUT2D eigenvalue weighted by molar-refractivity contribution is 0.166. The summed E-state index contributed by atoms with van der Waals surface area (Å²) in [6.45, 7) is 9.51. The molecule has 6 aliphatic carbocycles. The molecule has 288 valence electrons. The highest BCUT2D eigenvalue weighted by Gasteiger charge is 2.44. The smallest absolute Gasteiger partial charge is 0.0999 e. The average Bonchev–Trinajstić information content (AvgIpc) is 3.79. The van der Waals surface area contributed by atoms with Crippen LogP contribution >= 0.6 is 0 Å². The second-order valence-corrected chi connectivity index (χ2v) is 20.3. The van der Waals surface area contributed by atoms with Crippen molar-refractivity contribution in [2.24, 2.45) is 11.8 Å². The molecule has 2 heterocycles. The number of aromatic nitrogens is 1. The van der Waals surface area contributed by atoms with Crippen LogP contribution in [0.15, 0.2) is 121 Å². The lowest BCUT2D eigenvalue weighted by Gasteiger charge is -2.38. The van der Waals surface area contributed by atoms with Gasteiger partial charge in [0.1, 0.15) is 0 Å². The maximum absolute atomic E-state index is 11.3. The Balaban J connectivity index is 1.20. The molecule has 0 saturated heterocycles. The molecule has 0 spiro atoms. The predicted octanol–water partition coefficient (Wildman–Crippen LogP) is 15.0. The van der Waals surface area contributed by atoms with E-state index in [2.05, 4.69) is 159 Å². The molecule has 0 radical (unpaired) electrons. The van der Waals surface area contributed by atoms with E-state index in [0.29, 0.717) is 11.8 Å². The largest absolute Gasteiger partial charge is 0.308 e. The van der Waals surface area contributed by atoms with Crippen molar-refractivity contribution in [2.45, 2.75) is 82.5 Å². The zero-order valence-electron chi connectivity index (χ0n) is 34.8. The molecule has 2 unspecified atom stereocenters. The highest BCUT2D eigenvalue weighted by Crippen LogP contribution is 2.61. The van der Waals surface area contributed by atoms with Gasteiger partial charge in [0, 0.05) is 43.5 Å². The minimum atomic E-state index is -0.273. The summed E-state index contributed by atoms with van der Waals surface area (Å²) in [6.07, 6.45) is 6.78. The number of benzene rings is 7. The van der Waals surface area contributed by atoms with E-state index < -0.39 is 0 Å². The van der Waals surface area contributed by atoms with Crippen molar-refractivity contribution in [1.82, 2.24) is 4.40 Å². The Labute approximate surface area is 351 Å². The first-order chi connectivity index (χ1) is 29.2. The third-order valence-corrected chi connectivity index (χ3v) is 16.7. The zero-order chi connectivity index (χ0) is 40.0. The fourth-order valence-corrected chi connectivity index (χ4v) is 14.4. The molecule has 15 rings (SSSR count). The van der Waals surface area contributed by atoms with E-state index in [0.717, 1.165) is 34.0 Å². The van der Waals surface area contributed by atoms with Gasteiger partial charge in [-0.25, -0.2) is 0 Å². The van der Waals surface area contributed by atoms with Crippen LogP contribution in [-0.4, -0.2) is 4.40 Å². The van der Waals surface area contributed by atoms with Crippen LogP contribution < -0.4 is 0 Å². The summed E-state index contributed by atoms with van der Waals surface area (Å²) in [5, 5.41) is 16.7. The number of hydrogen-bond donors (Lipinski definition) is 0. The van der Waals surface area contributed by atoms with Gasteiger partial charge in [0.05, 0.1) is 28.2 Å². The van der Waals surface area contributed by atoms with Gasteiger partial charge in [0.2, 0.25) is 0 Å². The minimum absolute atomic E-state index is 0.0873. The SMILES string of the molecule is CC1(C)c2ccccc2-c2c(C#N)cc3c(c2-c2ccccc21)c1cc(-c2cccc4c2-c2ccccc2C4(C)C)cc2c4c5c(ccc4n3c12)C1CC2CC(C1)CC5C2. The van der Waals surface area contributed by atoms with E-state index in [9.17, 15) is 5.26 Å². The van der Waals surface area contributed by atoms with E-state index in [1.807, 2.05) is 0 Å². The number of fused-ring (bicyclic) bond motifs is 15. The predicted molar refractivity (Wildman–Crippen MR) is 247 cm³/mol. The molecule has 2 fully saturated rings. The minimum Gasteiger partial charge on any atom is -0.308 e. The summed E-state index contributed by atoms with van der Waals surface area (Å²) in [4.78, 5) is 0. The zero-order valence-corrected chi connectivity index (χ0v) is 34.8. The topological polar surface area (TPSA) is 28.2 Å². The van der Waals surface area contributed by atoms with E-state index in [4.69, 9.17) is 0 Å². The van der Waals surface area contributed by atoms with Crippen LogP contribution in [-0.2, 0) is 10.8 Å². The van der Waals surface area contributed by atoms with Crippen LogP contribution in [0.25, 0.3) is 82.6 Å². The first kappa shape index (κ1) is 33.6. The second kappa shape index (κ2) is 11.1. The molecule has 0 N–H and O–H groups in total. The summed E-state index contributed by atoms with van der Waals surface area (Å²) >= 11 is 0. The fraction of sp³-hybridized carbons (Fsp3) is 0.259. The molecule has 2 atom stereocenters. The first-order valence-electron chi connectivity index (χ1n) is 22.4. The third kappa shape index (κ3) is 3.96. The monoisotopic (exact) mass is 770 g/mol. The first-order valence-corrected chi connectivity index (χ1v) is 22.4. The molecular formula is C58H46N2. The second-order valence-electron chi connectivity index (χ2n) is 20.3. The van der Waals surface area contributed by atoms with Crippen molar-refractivity contribution in [3.63, 3.8) is 0 Å². The molecule has 7 aromatic carbocycles. The van der Waals surface area contributed by atoms with Crippen LogP contribution in [0.1, 0.15) is 111 Å². The van der Waals surface area contributed by atoms with E-state index >= 15 is 0 Å². The highest BCUT2D eigenvalue weighted by molar-refractivity contribution is 6.29. The van der Waals surface area contributed by atoms with Crippen molar-refractivity contribution in [3.05, 3.63) is 160 Å². The van der Waals surface area contributed by atoms with Crippen molar-refractivity contribution in [3.8, 4) is 50.6 Å². The molecule has 0 aliphatic heterocycles. The molecule has 0 amide bonds. The van der Waals surface area contributed by atoms with E-state index in [-0.39, 0.29) is 10.8 Å². The fourth-order valence-electron chi connectivity index (χ4n) is 14.4. The summed E-state index contributed by atoms with van der Waals surface area (Å²) < 4.78 is 2.59. The molecule has 6 aliphatic rings. The van der Waals surface area contributed by atoms with Crippen LogP contribution in [0.4, 0.5) is 0 Å². The maximum atomic E-state index is 11.3. The van der Waals surface area contributed by atoms with Crippen molar-refractivity contribution < 1.29 is 0 Å². The van der Waals surface area contributed by atoms with Gasteiger partial charge in [-0.1, -0.05) is 125 Å². The van der Waals surface area contributed by atoms with Crippen LogP contribution in [0.5, 0.6) is 0 Å². The molecule has 2 nitrogen and oxygen atoms in total. The van der Waals surface area contributed by atoms with Crippen molar-refractivity contribution >= 4 is 38.1 Å². The Bertz CT molecular complexity index is 3440. The number of hydrogen-bond acceptors (Lipinski definition) is 1. The normalized spacial score (nSPS) is 22.2. The molecule has 60 heavy (non-hydrogen) atoms. The van der Waals surface area contributed by atoms with Gasteiger partial charge in [-0.05, 0) is 147 Å². The number of nitrogens with zero attached hydrogens (tertiary/aromatic N) is 2. The third-order valence-electron chi connectivity index (χ3n) is 16.7. The van der Waals surface area contributed by atoms with Gasteiger partial charge in [0.25, 0.3) is 0 Å². The molecular weight excluding hydrogens is 725 g/mol. The Hall–Kier alpha value is -6.17. The van der Waals surface area contributed by atoms with E-state index in [1.165, 1.54) is 120 Å². The standard InChI is InChI=1S/C58H46N2/c1-57(2)44-16-8-5-12-39(44)51-36(30-59)29-49-54(55(51)41-14-7-10-18-46(41)57)43-28-34(37-15-11-19-47-52(37)40-13-6-9-17-45(40)58(47,3)4)27-42-53-48(60(49)56(42)43)21-20-38-33-23-31-22-32(24-33)26-35(25-31)50(38)53/h5-21,27-29,31-33,35H,22-26H2,1-4H3. The lowest BCUT2D eigenvalue weighted by atomic mass is 9.67. The summed E-state index contributed by atoms with van der Waals surface area (Å²) in [5.74, 6) is 2.96. The van der Waals surface area contributed by atoms with Crippen LogP contribution in [0.3, 0.4) is 0 Å². The Morgan fingerprint density at radius 3 is 1.73 bits per heavy atom. The van der Waals surface area contributed by atoms with Crippen LogP contribution in [0.2, 0.25) is 0 Å². The van der Waals surface area contributed by atoms with Crippen molar-refractivity contribution in [2.75, 3.05) is 0 Å². The highest BCUT2D eigenvalue weighted by atomic mass is 14.9. The van der Waals surface area contributed by atoms with Gasteiger partial charge in [-0.15, -0.1) is 0 Å². The quantitative estimate of drug-likeness (QED) is 0.163. The molecule has 2 aromatic heterocycles. The number of nitriles is 1. The maximum Gasteiger partial charge on any atom is 0.0999 e. The molecule has 2 heteroatoms. The number of rotatable bonds is 1. The summed E-state index contributed by atoms with van der Waals surface area (Å²) in [5.41, 5.74) is 22.8. The molecule has 4 bridgehead atoms. The van der Waals surface area contributed by atoms with E-state index in [1.54, 1.807) is 11.1 Å². The molecule has 2 saturated carbocycles. The Morgan fingerprint density at radius 2 is 1.07 bits per heavy atom. The average molecular weight is 771 g/mol.